The Morgan fingerprint density at radius 1 is 1.29 bits per heavy atom. The van der Waals surface area contributed by atoms with E-state index >= 15 is 0 Å². The number of hydrogen-bond acceptors (Lipinski definition) is 2. The molecule has 0 amide bonds. The van der Waals surface area contributed by atoms with Gasteiger partial charge in [0.1, 0.15) is 0 Å². The van der Waals surface area contributed by atoms with E-state index in [1.165, 1.54) is 5.56 Å². The molecule has 0 spiro atoms. The standard InChI is InChI=1S/C11H13ClO2/c12-8-6-11(13)14-9-7-10-4-2-1-3-5-10/h1-5H,6-9H2. The molecule has 76 valence electrons. The fourth-order valence-corrected chi connectivity index (χ4v) is 1.23. The van der Waals surface area contributed by atoms with E-state index in [1.807, 2.05) is 30.3 Å². The fraction of sp³-hybridized carbons (Fsp3) is 0.364. The van der Waals surface area contributed by atoms with Crippen LogP contribution in [0.15, 0.2) is 30.3 Å². The van der Waals surface area contributed by atoms with Crippen molar-refractivity contribution in [2.45, 2.75) is 12.8 Å². The topological polar surface area (TPSA) is 26.3 Å². The van der Waals surface area contributed by atoms with Crippen LogP contribution < -0.4 is 0 Å². The zero-order chi connectivity index (χ0) is 10.2. The van der Waals surface area contributed by atoms with E-state index in [1.54, 1.807) is 0 Å². The average molecular weight is 213 g/mol. The molecule has 0 unspecified atom stereocenters. The number of esters is 1. The summed E-state index contributed by atoms with van der Waals surface area (Å²) in [4.78, 5) is 10.9. The second kappa shape index (κ2) is 6.44. The molecule has 14 heavy (non-hydrogen) atoms. The second-order valence-electron chi connectivity index (χ2n) is 2.90. The van der Waals surface area contributed by atoms with E-state index in [0.29, 0.717) is 12.5 Å². The first-order valence-corrected chi connectivity index (χ1v) is 5.12. The maximum atomic E-state index is 10.9. The Morgan fingerprint density at radius 2 is 2.00 bits per heavy atom. The Kier molecular flexibility index (Phi) is 5.08. The number of rotatable bonds is 5. The van der Waals surface area contributed by atoms with Crippen LogP contribution in [0, 0.1) is 0 Å². The molecular weight excluding hydrogens is 200 g/mol. The summed E-state index contributed by atoms with van der Waals surface area (Å²) >= 11 is 5.39. The van der Waals surface area contributed by atoms with Crippen LogP contribution in [-0.2, 0) is 16.0 Å². The van der Waals surface area contributed by atoms with Crippen LogP contribution in [0.3, 0.4) is 0 Å². The van der Waals surface area contributed by atoms with Crippen molar-refractivity contribution in [3.05, 3.63) is 35.9 Å². The van der Waals surface area contributed by atoms with Gasteiger partial charge in [0.2, 0.25) is 0 Å². The van der Waals surface area contributed by atoms with E-state index in [4.69, 9.17) is 16.3 Å². The van der Waals surface area contributed by atoms with Gasteiger partial charge in [0.15, 0.2) is 0 Å². The number of ether oxygens (including phenoxy) is 1. The van der Waals surface area contributed by atoms with Gasteiger partial charge in [-0.05, 0) is 5.56 Å². The zero-order valence-electron chi connectivity index (χ0n) is 7.91. The Hall–Kier alpha value is -1.02. The summed E-state index contributed by atoms with van der Waals surface area (Å²) in [6, 6.07) is 9.92. The van der Waals surface area contributed by atoms with Gasteiger partial charge in [-0.15, -0.1) is 11.6 Å². The summed E-state index contributed by atoms with van der Waals surface area (Å²) < 4.78 is 4.96. The molecule has 0 radical (unpaired) electrons. The van der Waals surface area contributed by atoms with Crippen molar-refractivity contribution in [3.63, 3.8) is 0 Å². The molecule has 3 heteroatoms. The quantitative estimate of drug-likeness (QED) is 0.554. The number of alkyl halides is 1. The molecule has 0 aliphatic rings. The molecule has 0 saturated carbocycles. The van der Waals surface area contributed by atoms with Crippen LogP contribution in [0.2, 0.25) is 0 Å². The van der Waals surface area contributed by atoms with Crippen LogP contribution in [0.4, 0.5) is 0 Å². The Bertz CT molecular complexity index is 272. The highest BCUT2D eigenvalue weighted by molar-refractivity contribution is 6.18. The van der Waals surface area contributed by atoms with Crippen molar-refractivity contribution in [2.24, 2.45) is 0 Å². The number of benzene rings is 1. The molecule has 0 saturated heterocycles. The number of carbonyl (C=O) groups excluding carboxylic acids is 1. The van der Waals surface area contributed by atoms with Crippen LogP contribution in [0.1, 0.15) is 12.0 Å². The minimum Gasteiger partial charge on any atom is -0.465 e. The molecule has 0 atom stereocenters. The summed E-state index contributed by atoms with van der Waals surface area (Å²) in [6.45, 7) is 0.430. The van der Waals surface area contributed by atoms with Gasteiger partial charge in [-0.3, -0.25) is 4.79 Å². The minimum atomic E-state index is -0.226. The molecule has 1 aromatic carbocycles. The maximum Gasteiger partial charge on any atom is 0.307 e. The van der Waals surface area contributed by atoms with E-state index in [-0.39, 0.29) is 12.4 Å². The molecule has 0 fully saturated rings. The minimum absolute atomic E-state index is 0.226. The van der Waals surface area contributed by atoms with Gasteiger partial charge in [-0.25, -0.2) is 0 Å². The Balaban J connectivity index is 2.19. The average Bonchev–Trinajstić information content (AvgIpc) is 2.20. The third-order valence-electron chi connectivity index (χ3n) is 1.80. The summed E-state index contributed by atoms with van der Waals surface area (Å²) in [5.74, 6) is 0.0976. The van der Waals surface area contributed by atoms with Gasteiger partial charge in [0.05, 0.1) is 13.0 Å². The molecule has 0 bridgehead atoms. The van der Waals surface area contributed by atoms with Crippen LogP contribution >= 0.6 is 11.6 Å². The number of hydrogen-bond donors (Lipinski definition) is 0. The van der Waals surface area contributed by atoms with E-state index in [9.17, 15) is 4.79 Å². The first-order chi connectivity index (χ1) is 6.83. The monoisotopic (exact) mass is 212 g/mol. The highest BCUT2D eigenvalue weighted by Gasteiger charge is 2.00. The van der Waals surface area contributed by atoms with Crippen LogP contribution in [0.5, 0.6) is 0 Å². The SMILES string of the molecule is O=C(CCCl)OCCc1ccccc1. The van der Waals surface area contributed by atoms with Crippen molar-refractivity contribution >= 4 is 17.6 Å². The lowest BCUT2D eigenvalue weighted by atomic mass is 10.2. The van der Waals surface area contributed by atoms with Crippen LogP contribution in [-0.4, -0.2) is 18.5 Å². The van der Waals surface area contributed by atoms with Crippen molar-refractivity contribution in [3.8, 4) is 0 Å². The maximum absolute atomic E-state index is 10.9. The van der Waals surface area contributed by atoms with E-state index in [0.717, 1.165) is 6.42 Å². The molecule has 2 nitrogen and oxygen atoms in total. The first kappa shape index (κ1) is 11.1. The van der Waals surface area contributed by atoms with Crippen molar-refractivity contribution < 1.29 is 9.53 Å². The molecule has 1 rings (SSSR count). The smallest absolute Gasteiger partial charge is 0.307 e. The third kappa shape index (κ3) is 4.28. The van der Waals surface area contributed by atoms with Gasteiger partial charge in [-0.2, -0.15) is 0 Å². The molecule has 0 aliphatic carbocycles. The Labute approximate surface area is 88.8 Å². The molecular formula is C11H13ClO2. The van der Waals surface area contributed by atoms with Crippen molar-refractivity contribution in [1.29, 1.82) is 0 Å². The highest BCUT2D eigenvalue weighted by atomic mass is 35.5. The molecule has 0 aromatic heterocycles. The third-order valence-corrected chi connectivity index (χ3v) is 1.98. The Morgan fingerprint density at radius 3 is 2.64 bits per heavy atom. The van der Waals surface area contributed by atoms with Gasteiger partial charge >= 0.3 is 5.97 Å². The lowest BCUT2D eigenvalue weighted by molar-refractivity contribution is -0.143. The van der Waals surface area contributed by atoms with Crippen molar-refractivity contribution in [1.82, 2.24) is 0 Å². The summed E-state index contributed by atoms with van der Waals surface area (Å²) in [7, 11) is 0. The van der Waals surface area contributed by atoms with Gasteiger partial charge in [0, 0.05) is 12.3 Å². The lowest BCUT2D eigenvalue weighted by Crippen LogP contribution is -2.07. The van der Waals surface area contributed by atoms with E-state index in [2.05, 4.69) is 0 Å². The predicted molar refractivity (Wildman–Crippen MR) is 56.4 cm³/mol. The number of carbonyl (C=O) groups is 1. The van der Waals surface area contributed by atoms with Crippen LogP contribution in [0.25, 0.3) is 0 Å². The van der Waals surface area contributed by atoms with Gasteiger partial charge in [-0.1, -0.05) is 30.3 Å². The summed E-state index contributed by atoms with van der Waals surface area (Å²) in [5, 5.41) is 0. The number of halogens is 1. The largest absolute Gasteiger partial charge is 0.465 e. The summed E-state index contributed by atoms with van der Waals surface area (Å²) in [6.07, 6.45) is 1.05. The molecule has 0 N–H and O–H groups in total. The lowest BCUT2D eigenvalue weighted by Gasteiger charge is -2.03. The molecule has 0 aliphatic heterocycles. The molecule has 1 aromatic rings. The van der Waals surface area contributed by atoms with Gasteiger partial charge < -0.3 is 4.74 Å². The fourth-order valence-electron chi connectivity index (χ4n) is 1.08. The van der Waals surface area contributed by atoms with E-state index < -0.39 is 0 Å². The van der Waals surface area contributed by atoms with Crippen molar-refractivity contribution in [2.75, 3.05) is 12.5 Å². The first-order valence-electron chi connectivity index (χ1n) is 4.58. The zero-order valence-corrected chi connectivity index (χ0v) is 8.67. The normalized spacial score (nSPS) is 9.79. The highest BCUT2D eigenvalue weighted by Crippen LogP contribution is 2.00. The predicted octanol–water partition coefficient (Wildman–Crippen LogP) is 2.40. The summed E-state index contributed by atoms with van der Waals surface area (Å²) in [5.41, 5.74) is 1.17. The second-order valence-corrected chi connectivity index (χ2v) is 3.27. The molecule has 0 heterocycles. The van der Waals surface area contributed by atoms with Gasteiger partial charge in [0.25, 0.3) is 0 Å².